The third kappa shape index (κ3) is 2.11. The fourth-order valence-corrected chi connectivity index (χ4v) is 2.29. The Kier molecular flexibility index (Phi) is 2.31. The Labute approximate surface area is 92.1 Å². The van der Waals surface area contributed by atoms with E-state index in [9.17, 15) is 0 Å². The lowest BCUT2D eigenvalue weighted by Gasteiger charge is -1.96. The molecule has 1 N–H and O–H groups in total. The van der Waals surface area contributed by atoms with E-state index in [0.29, 0.717) is 0 Å². The number of rotatable bonds is 4. The SMILES string of the molecule is c1cc(-c2ncc(CNC3CC3)s2)co1. The van der Waals surface area contributed by atoms with Crippen molar-refractivity contribution in [1.82, 2.24) is 10.3 Å². The number of hydrogen-bond acceptors (Lipinski definition) is 4. The zero-order valence-corrected chi connectivity index (χ0v) is 9.09. The fraction of sp³-hybridized carbons (Fsp3) is 0.364. The third-order valence-corrected chi connectivity index (χ3v) is 3.51. The van der Waals surface area contributed by atoms with Gasteiger partial charge >= 0.3 is 0 Å². The van der Waals surface area contributed by atoms with Crippen LogP contribution in [0.4, 0.5) is 0 Å². The zero-order chi connectivity index (χ0) is 10.1. The molecule has 0 atom stereocenters. The maximum atomic E-state index is 5.04. The van der Waals surface area contributed by atoms with Crippen molar-refractivity contribution in [2.45, 2.75) is 25.4 Å². The summed E-state index contributed by atoms with van der Waals surface area (Å²) in [7, 11) is 0. The van der Waals surface area contributed by atoms with Crippen molar-refractivity contribution in [3.8, 4) is 10.6 Å². The lowest BCUT2D eigenvalue weighted by Crippen LogP contribution is -2.14. The Morgan fingerprint density at radius 2 is 2.47 bits per heavy atom. The molecule has 0 radical (unpaired) electrons. The molecule has 4 heteroatoms. The maximum absolute atomic E-state index is 5.04. The predicted octanol–water partition coefficient (Wildman–Crippen LogP) is 2.66. The minimum Gasteiger partial charge on any atom is -0.472 e. The van der Waals surface area contributed by atoms with Crippen molar-refractivity contribution in [3.05, 3.63) is 29.7 Å². The minimum absolute atomic E-state index is 0.754. The monoisotopic (exact) mass is 220 g/mol. The Morgan fingerprint density at radius 3 is 3.20 bits per heavy atom. The van der Waals surface area contributed by atoms with Gasteiger partial charge in [0.15, 0.2) is 0 Å². The third-order valence-electron chi connectivity index (χ3n) is 2.46. The molecule has 0 aromatic carbocycles. The molecule has 2 heterocycles. The number of hydrogen-bond donors (Lipinski definition) is 1. The summed E-state index contributed by atoms with van der Waals surface area (Å²) in [4.78, 5) is 5.67. The van der Waals surface area contributed by atoms with Crippen molar-refractivity contribution < 1.29 is 4.42 Å². The van der Waals surface area contributed by atoms with Crippen LogP contribution in [-0.4, -0.2) is 11.0 Å². The van der Waals surface area contributed by atoms with E-state index in [4.69, 9.17) is 4.42 Å². The number of furan rings is 1. The smallest absolute Gasteiger partial charge is 0.126 e. The Morgan fingerprint density at radius 1 is 1.53 bits per heavy atom. The molecule has 0 aliphatic heterocycles. The molecule has 0 amide bonds. The van der Waals surface area contributed by atoms with Crippen LogP contribution >= 0.6 is 11.3 Å². The maximum Gasteiger partial charge on any atom is 0.126 e. The molecule has 78 valence electrons. The van der Waals surface area contributed by atoms with Crippen LogP contribution in [0.5, 0.6) is 0 Å². The first-order valence-corrected chi connectivity index (χ1v) is 5.94. The average molecular weight is 220 g/mol. The average Bonchev–Trinajstić information content (AvgIpc) is 2.78. The standard InChI is InChI=1S/C11H12N2OS/c1-2-9(1)12-5-10-6-13-11(15-10)8-3-4-14-7-8/h3-4,6-7,9,12H,1-2,5H2. The number of nitrogens with one attached hydrogen (secondary N) is 1. The molecular weight excluding hydrogens is 208 g/mol. The van der Waals surface area contributed by atoms with E-state index in [0.717, 1.165) is 23.2 Å². The highest BCUT2D eigenvalue weighted by Gasteiger charge is 2.20. The second-order valence-electron chi connectivity index (χ2n) is 3.80. The molecule has 0 spiro atoms. The van der Waals surface area contributed by atoms with Crippen LogP contribution in [0.25, 0.3) is 10.6 Å². The van der Waals surface area contributed by atoms with E-state index in [2.05, 4.69) is 10.3 Å². The van der Waals surface area contributed by atoms with E-state index < -0.39 is 0 Å². The van der Waals surface area contributed by atoms with Crippen molar-refractivity contribution in [2.24, 2.45) is 0 Å². The molecule has 3 rings (SSSR count). The Bertz CT molecular complexity index is 431. The molecule has 1 aliphatic carbocycles. The van der Waals surface area contributed by atoms with E-state index in [1.807, 2.05) is 12.3 Å². The highest BCUT2D eigenvalue weighted by Crippen LogP contribution is 2.26. The van der Waals surface area contributed by atoms with Crippen molar-refractivity contribution in [1.29, 1.82) is 0 Å². The van der Waals surface area contributed by atoms with Gasteiger partial charge in [-0.05, 0) is 18.9 Å². The van der Waals surface area contributed by atoms with E-state index in [1.54, 1.807) is 23.9 Å². The van der Waals surface area contributed by atoms with Crippen molar-refractivity contribution >= 4 is 11.3 Å². The van der Waals surface area contributed by atoms with E-state index in [1.165, 1.54) is 17.7 Å². The molecule has 0 saturated heterocycles. The van der Waals surface area contributed by atoms with Gasteiger partial charge in [0.25, 0.3) is 0 Å². The summed E-state index contributed by atoms with van der Waals surface area (Å²) in [5.41, 5.74) is 1.07. The van der Waals surface area contributed by atoms with Gasteiger partial charge in [0.05, 0.1) is 6.26 Å². The van der Waals surface area contributed by atoms with Crippen LogP contribution in [0.15, 0.2) is 29.2 Å². The normalized spacial score (nSPS) is 15.7. The molecule has 3 nitrogen and oxygen atoms in total. The number of aromatic nitrogens is 1. The lowest BCUT2D eigenvalue weighted by molar-refractivity contribution is 0.568. The highest BCUT2D eigenvalue weighted by atomic mass is 32.1. The number of nitrogens with zero attached hydrogens (tertiary/aromatic N) is 1. The molecule has 1 fully saturated rings. The molecule has 1 aliphatic rings. The van der Waals surface area contributed by atoms with Gasteiger partial charge in [-0.15, -0.1) is 11.3 Å². The van der Waals surface area contributed by atoms with Gasteiger partial charge in [0, 0.05) is 29.2 Å². The van der Waals surface area contributed by atoms with Crippen LogP contribution in [0.2, 0.25) is 0 Å². The van der Waals surface area contributed by atoms with Gasteiger partial charge in [-0.2, -0.15) is 0 Å². The molecule has 2 aromatic heterocycles. The lowest BCUT2D eigenvalue weighted by atomic mass is 10.4. The molecule has 2 aromatic rings. The summed E-state index contributed by atoms with van der Waals surface area (Å²) in [5, 5.41) is 4.52. The van der Waals surface area contributed by atoms with E-state index in [-0.39, 0.29) is 0 Å². The van der Waals surface area contributed by atoms with Crippen LogP contribution in [0.1, 0.15) is 17.7 Å². The van der Waals surface area contributed by atoms with Gasteiger partial charge in [0.1, 0.15) is 11.3 Å². The highest BCUT2D eigenvalue weighted by molar-refractivity contribution is 7.15. The van der Waals surface area contributed by atoms with Gasteiger partial charge in [-0.1, -0.05) is 0 Å². The Balaban J connectivity index is 1.69. The van der Waals surface area contributed by atoms with Crippen LogP contribution < -0.4 is 5.32 Å². The summed E-state index contributed by atoms with van der Waals surface area (Å²) in [5.74, 6) is 0. The van der Waals surface area contributed by atoms with Crippen molar-refractivity contribution in [2.75, 3.05) is 0 Å². The van der Waals surface area contributed by atoms with Gasteiger partial charge in [-0.25, -0.2) is 4.98 Å². The Hall–Kier alpha value is -1.13. The second kappa shape index (κ2) is 3.79. The topological polar surface area (TPSA) is 38.1 Å². The van der Waals surface area contributed by atoms with Crippen LogP contribution in [-0.2, 0) is 6.54 Å². The molecule has 0 bridgehead atoms. The summed E-state index contributed by atoms with van der Waals surface area (Å²) < 4.78 is 5.04. The van der Waals surface area contributed by atoms with E-state index >= 15 is 0 Å². The van der Waals surface area contributed by atoms with Gasteiger partial charge in [-0.3, -0.25) is 0 Å². The first-order valence-electron chi connectivity index (χ1n) is 5.12. The summed E-state index contributed by atoms with van der Waals surface area (Å²) in [6.45, 7) is 0.945. The van der Waals surface area contributed by atoms with Crippen LogP contribution in [0, 0.1) is 0 Å². The number of thiazole rings is 1. The summed E-state index contributed by atoms with van der Waals surface area (Å²) >= 11 is 1.73. The second-order valence-corrected chi connectivity index (χ2v) is 4.91. The first-order chi connectivity index (χ1) is 7.42. The molecule has 15 heavy (non-hydrogen) atoms. The minimum atomic E-state index is 0.754. The largest absolute Gasteiger partial charge is 0.472 e. The van der Waals surface area contributed by atoms with Gasteiger partial charge < -0.3 is 9.73 Å². The molecule has 0 unspecified atom stereocenters. The fourth-order valence-electron chi connectivity index (χ4n) is 1.44. The quantitative estimate of drug-likeness (QED) is 0.860. The van der Waals surface area contributed by atoms with Crippen LogP contribution in [0.3, 0.4) is 0 Å². The summed E-state index contributed by atoms with van der Waals surface area (Å²) in [6, 6.07) is 2.70. The zero-order valence-electron chi connectivity index (χ0n) is 8.27. The van der Waals surface area contributed by atoms with Crippen molar-refractivity contribution in [3.63, 3.8) is 0 Å². The molecule has 1 saturated carbocycles. The predicted molar refractivity (Wildman–Crippen MR) is 59.7 cm³/mol. The molecular formula is C11H12N2OS. The van der Waals surface area contributed by atoms with Gasteiger partial charge in [0.2, 0.25) is 0 Å². The summed E-state index contributed by atoms with van der Waals surface area (Å²) in [6.07, 6.45) is 8.01. The first kappa shape index (κ1) is 9.12.